The Hall–Kier alpha value is 0.0200. The number of nitrogen functional groups attached to an aromatic ring is 1. The Morgan fingerprint density at radius 3 is 2.69 bits per heavy atom. The lowest BCUT2D eigenvalue weighted by molar-refractivity contribution is 0.698. The van der Waals surface area contributed by atoms with Crippen LogP contribution in [0.1, 0.15) is 0 Å². The number of pyridine rings is 1. The Morgan fingerprint density at radius 2 is 2.15 bits per heavy atom. The summed E-state index contributed by atoms with van der Waals surface area (Å²) in [6.07, 6.45) is 0. The average Bonchev–Trinajstić information content (AvgIpc) is 2.09. The molecule has 0 saturated heterocycles. The second kappa shape index (κ2) is 4.50. The van der Waals surface area contributed by atoms with E-state index in [-0.39, 0.29) is 28.0 Å². The molecule has 0 saturated carbocycles. The van der Waals surface area contributed by atoms with Gasteiger partial charge in [0.05, 0.1) is 10.2 Å². The minimum absolute atomic E-state index is 0.0587. The van der Waals surface area contributed by atoms with Gasteiger partial charge in [0.15, 0.2) is 0 Å². The zero-order chi connectivity index (χ0) is 10.0. The number of rotatable bonds is 1. The van der Waals surface area contributed by atoms with Crippen molar-refractivity contribution in [2.75, 3.05) is 5.73 Å². The third kappa shape index (κ3) is 2.28. The Morgan fingerprint density at radius 1 is 1.54 bits per heavy atom. The molecule has 0 amide bonds. The summed E-state index contributed by atoms with van der Waals surface area (Å²) >= 11 is 12.0. The van der Waals surface area contributed by atoms with Gasteiger partial charge in [-0.1, -0.05) is 11.6 Å². The number of halogens is 3. The molecule has 0 aromatic carbocycles. The van der Waals surface area contributed by atoms with Crippen LogP contribution in [0.4, 0.5) is 11.4 Å². The molecule has 8 heteroatoms. The number of hydrogen-bond acceptors (Lipinski definition) is 4. The molecule has 0 radical (unpaired) electrons. The molecular weight excluding hydrogens is 345 g/mol. The molecular formula is C5H2Br2ClN3OS. The normalized spacial score (nSPS) is 9.77. The monoisotopic (exact) mass is 345 g/mol. The Labute approximate surface area is 99.4 Å². The summed E-state index contributed by atoms with van der Waals surface area (Å²) in [7, 11) is 0. The highest BCUT2D eigenvalue weighted by Gasteiger charge is 2.12. The van der Waals surface area contributed by atoms with Crippen molar-refractivity contribution in [3.63, 3.8) is 0 Å². The molecule has 2 N–H and O–H groups in total. The molecule has 0 aliphatic rings. The molecule has 4 nitrogen and oxygen atoms in total. The van der Waals surface area contributed by atoms with Crippen LogP contribution in [-0.4, -0.2) is 9.19 Å². The van der Waals surface area contributed by atoms with Crippen LogP contribution >= 0.6 is 43.5 Å². The molecule has 0 unspecified atom stereocenters. The summed E-state index contributed by atoms with van der Waals surface area (Å²) in [5.74, 6) is 0. The maximum atomic E-state index is 10.2. The summed E-state index contributed by atoms with van der Waals surface area (Å²) in [5.41, 5.74) is 6.20. The van der Waals surface area contributed by atoms with Crippen molar-refractivity contribution >= 4 is 66.3 Å². The fraction of sp³-hybridized carbons (Fsp3) is 0. The molecule has 0 atom stereocenters. The smallest absolute Gasteiger partial charge is 0.205 e. The van der Waals surface area contributed by atoms with Gasteiger partial charge in [-0.15, -0.1) is 0 Å². The highest BCUT2D eigenvalue weighted by atomic mass is 79.9. The maximum absolute atomic E-state index is 10.2. The summed E-state index contributed by atoms with van der Waals surface area (Å²) in [4.78, 5) is 3.86. The lowest BCUT2D eigenvalue weighted by Crippen LogP contribution is -1.91. The third-order valence-electron chi connectivity index (χ3n) is 1.19. The van der Waals surface area contributed by atoms with E-state index in [4.69, 9.17) is 17.3 Å². The molecule has 0 spiro atoms. The van der Waals surface area contributed by atoms with Gasteiger partial charge in [0, 0.05) is 0 Å². The van der Waals surface area contributed by atoms with Crippen molar-refractivity contribution in [1.29, 1.82) is 0 Å². The minimum Gasteiger partial charge on any atom is -0.396 e. The third-order valence-corrected chi connectivity index (χ3v) is 3.31. The van der Waals surface area contributed by atoms with Crippen molar-refractivity contribution in [2.24, 2.45) is 4.36 Å². The van der Waals surface area contributed by atoms with Crippen LogP contribution in [0.25, 0.3) is 0 Å². The van der Waals surface area contributed by atoms with Gasteiger partial charge < -0.3 is 5.73 Å². The van der Waals surface area contributed by atoms with E-state index in [1.54, 1.807) is 0 Å². The van der Waals surface area contributed by atoms with Crippen LogP contribution in [0, 0.1) is 0 Å². The largest absolute Gasteiger partial charge is 0.396 e. The first-order valence-corrected chi connectivity index (χ1v) is 5.54. The predicted octanol–water partition coefficient (Wildman–Crippen LogP) is 2.87. The van der Waals surface area contributed by atoms with Crippen LogP contribution in [0.2, 0.25) is 5.15 Å². The van der Waals surface area contributed by atoms with E-state index in [0.717, 1.165) is 0 Å². The van der Waals surface area contributed by atoms with Crippen LogP contribution in [0.3, 0.4) is 0 Å². The number of nitrogens with two attached hydrogens (primary N) is 1. The standard InChI is InChI=1S/C5H2Br2ClN3OS/c6-1-2(9)3(11-13-12)4(7)10-5(1)8/h(H2,9,10). The molecule has 0 fully saturated rings. The molecule has 1 aromatic rings. The molecule has 0 aliphatic heterocycles. The zero-order valence-corrected chi connectivity index (χ0v) is 10.7. The summed E-state index contributed by atoms with van der Waals surface area (Å²) < 4.78 is 14.5. The van der Waals surface area contributed by atoms with Crippen LogP contribution < -0.4 is 5.73 Å². The van der Waals surface area contributed by atoms with Gasteiger partial charge in [0.1, 0.15) is 15.4 Å². The summed E-state index contributed by atoms with van der Waals surface area (Å²) in [5, 5.41) is 0.222. The molecule has 70 valence electrons. The fourth-order valence-electron chi connectivity index (χ4n) is 0.639. The zero-order valence-electron chi connectivity index (χ0n) is 5.92. The van der Waals surface area contributed by atoms with Crippen LogP contribution in [0.15, 0.2) is 13.4 Å². The van der Waals surface area contributed by atoms with Crippen molar-refractivity contribution < 1.29 is 4.21 Å². The van der Waals surface area contributed by atoms with E-state index < -0.39 is 0 Å². The van der Waals surface area contributed by atoms with Crippen LogP contribution in [0.5, 0.6) is 0 Å². The van der Waals surface area contributed by atoms with Gasteiger partial charge in [0.25, 0.3) is 0 Å². The van der Waals surface area contributed by atoms with Crippen molar-refractivity contribution in [3.05, 3.63) is 14.2 Å². The predicted molar refractivity (Wildman–Crippen MR) is 59.3 cm³/mol. The van der Waals surface area contributed by atoms with E-state index in [0.29, 0.717) is 9.08 Å². The second-order valence-electron chi connectivity index (χ2n) is 1.94. The van der Waals surface area contributed by atoms with Gasteiger partial charge in [0.2, 0.25) is 11.5 Å². The van der Waals surface area contributed by atoms with Gasteiger partial charge in [-0.2, -0.15) is 8.57 Å². The molecule has 1 aromatic heterocycles. The maximum Gasteiger partial charge on any atom is 0.205 e. The van der Waals surface area contributed by atoms with E-state index >= 15 is 0 Å². The quantitative estimate of drug-likeness (QED) is 0.794. The molecule has 0 bridgehead atoms. The number of aromatic nitrogens is 1. The summed E-state index contributed by atoms with van der Waals surface area (Å²) in [6.45, 7) is 0. The van der Waals surface area contributed by atoms with E-state index in [9.17, 15) is 4.21 Å². The summed E-state index contributed by atoms with van der Waals surface area (Å²) in [6, 6.07) is 0. The van der Waals surface area contributed by atoms with E-state index in [1.807, 2.05) is 0 Å². The van der Waals surface area contributed by atoms with Gasteiger partial charge >= 0.3 is 0 Å². The molecule has 1 rings (SSSR count). The Kier molecular flexibility index (Phi) is 3.84. The first-order chi connectivity index (χ1) is 6.07. The van der Waals surface area contributed by atoms with Crippen molar-refractivity contribution in [1.82, 2.24) is 4.98 Å². The van der Waals surface area contributed by atoms with Crippen molar-refractivity contribution in [3.8, 4) is 0 Å². The van der Waals surface area contributed by atoms with Gasteiger partial charge in [-0.3, -0.25) is 0 Å². The number of hydrogen-bond donors (Lipinski definition) is 1. The number of nitrogens with zero attached hydrogens (tertiary/aromatic N) is 2. The Bertz CT molecular complexity index is 407. The van der Waals surface area contributed by atoms with Crippen LogP contribution in [-0.2, 0) is 11.5 Å². The lowest BCUT2D eigenvalue weighted by atomic mass is 10.4. The minimum atomic E-state index is 0.0587. The second-order valence-corrected chi connectivity index (χ2v) is 4.17. The molecule has 1 heterocycles. The Balaban J connectivity index is 3.52. The first-order valence-electron chi connectivity index (χ1n) is 2.88. The van der Waals surface area contributed by atoms with E-state index in [2.05, 4.69) is 41.2 Å². The lowest BCUT2D eigenvalue weighted by Gasteiger charge is -2.04. The van der Waals surface area contributed by atoms with Gasteiger partial charge in [-0.25, -0.2) is 4.98 Å². The fourth-order valence-corrected chi connectivity index (χ4v) is 2.06. The molecule has 13 heavy (non-hydrogen) atoms. The average molecular weight is 347 g/mol. The molecule has 0 aliphatic carbocycles. The van der Waals surface area contributed by atoms with E-state index in [1.165, 1.54) is 0 Å². The SMILES string of the molecule is Nc1c(Br)c(Cl)nc(Br)c1N=S=O. The number of anilines is 1. The first kappa shape index (κ1) is 11.1. The highest BCUT2D eigenvalue weighted by molar-refractivity contribution is 9.11. The van der Waals surface area contributed by atoms with Gasteiger partial charge in [-0.05, 0) is 31.9 Å². The van der Waals surface area contributed by atoms with Crippen molar-refractivity contribution in [2.45, 2.75) is 0 Å². The highest BCUT2D eigenvalue weighted by Crippen LogP contribution is 2.38. The topological polar surface area (TPSA) is 68.3 Å².